The number of carbonyl (C=O) groups is 1. The number of carbonyl (C=O) groups excluding carboxylic acids is 1. The van der Waals surface area contributed by atoms with Crippen LogP contribution in [0.2, 0.25) is 5.15 Å². The van der Waals surface area contributed by atoms with Crippen LogP contribution in [0, 0.1) is 5.92 Å². The third-order valence-corrected chi connectivity index (χ3v) is 3.42. The normalized spacial score (nSPS) is 16.8. The van der Waals surface area contributed by atoms with E-state index in [9.17, 15) is 4.79 Å². The lowest BCUT2D eigenvalue weighted by Gasteiger charge is -2.32. The molecule has 0 unspecified atom stereocenters. The number of hydrogen-bond acceptors (Lipinski definition) is 4. The van der Waals surface area contributed by atoms with E-state index in [-0.39, 0.29) is 5.91 Å². The highest BCUT2D eigenvalue weighted by Gasteiger charge is 2.21. The van der Waals surface area contributed by atoms with Crippen LogP contribution in [0.4, 0.5) is 11.5 Å². The van der Waals surface area contributed by atoms with E-state index in [1.165, 1.54) is 0 Å². The van der Waals surface area contributed by atoms with Crippen LogP contribution in [-0.4, -0.2) is 24.0 Å². The molecule has 1 aliphatic rings. The van der Waals surface area contributed by atoms with Crippen LogP contribution in [0.3, 0.4) is 0 Å². The first-order chi connectivity index (χ1) is 8.54. The molecule has 2 heterocycles. The van der Waals surface area contributed by atoms with Gasteiger partial charge >= 0.3 is 0 Å². The average molecular weight is 269 g/mol. The van der Waals surface area contributed by atoms with E-state index in [1.54, 1.807) is 6.07 Å². The van der Waals surface area contributed by atoms with Gasteiger partial charge in [-0.3, -0.25) is 4.79 Å². The second-order valence-corrected chi connectivity index (χ2v) is 5.07. The van der Waals surface area contributed by atoms with Gasteiger partial charge in [0.1, 0.15) is 11.0 Å². The number of pyridine rings is 1. The average Bonchev–Trinajstić information content (AvgIpc) is 2.27. The standard InChI is InChI=1S/C12H17ClN4O/c13-10-6-9(14)7-12(16-10)17-3-1-8(2-4-17)5-11(15)18/h6-8H,1-5H2,(H2,14,16)(H2,15,18). The van der Waals surface area contributed by atoms with E-state index in [1.807, 2.05) is 6.07 Å². The number of amides is 1. The van der Waals surface area contributed by atoms with Crippen molar-refractivity contribution in [2.75, 3.05) is 23.7 Å². The van der Waals surface area contributed by atoms with Crippen molar-refractivity contribution >= 4 is 29.0 Å². The molecule has 98 valence electrons. The fraction of sp³-hybridized carbons (Fsp3) is 0.500. The Balaban J connectivity index is 1.98. The molecule has 0 atom stereocenters. The largest absolute Gasteiger partial charge is 0.399 e. The van der Waals surface area contributed by atoms with Crippen LogP contribution < -0.4 is 16.4 Å². The number of nitrogens with zero attached hydrogens (tertiary/aromatic N) is 2. The molecule has 0 bridgehead atoms. The summed E-state index contributed by atoms with van der Waals surface area (Å²) in [5.74, 6) is 0.964. The second-order valence-electron chi connectivity index (χ2n) is 4.68. The van der Waals surface area contributed by atoms with Gasteiger partial charge in [0.15, 0.2) is 0 Å². The summed E-state index contributed by atoms with van der Waals surface area (Å²) in [7, 11) is 0. The van der Waals surface area contributed by atoms with E-state index >= 15 is 0 Å². The van der Waals surface area contributed by atoms with Gasteiger partial charge in [0.25, 0.3) is 0 Å². The predicted octanol–water partition coefficient (Wildman–Crippen LogP) is 1.41. The van der Waals surface area contributed by atoms with Crippen molar-refractivity contribution < 1.29 is 4.79 Å². The molecule has 18 heavy (non-hydrogen) atoms. The molecule has 5 nitrogen and oxygen atoms in total. The fourth-order valence-corrected chi connectivity index (χ4v) is 2.53. The monoisotopic (exact) mass is 268 g/mol. The number of hydrogen-bond donors (Lipinski definition) is 2. The lowest BCUT2D eigenvalue weighted by Crippen LogP contribution is -2.35. The summed E-state index contributed by atoms with van der Waals surface area (Å²) in [5, 5.41) is 0.407. The van der Waals surface area contributed by atoms with Gasteiger partial charge in [-0.15, -0.1) is 0 Å². The summed E-state index contributed by atoms with van der Waals surface area (Å²) < 4.78 is 0. The molecule has 1 fully saturated rings. The minimum Gasteiger partial charge on any atom is -0.399 e. The zero-order chi connectivity index (χ0) is 13.1. The van der Waals surface area contributed by atoms with Crippen LogP contribution in [0.25, 0.3) is 0 Å². The van der Waals surface area contributed by atoms with E-state index < -0.39 is 0 Å². The number of anilines is 2. The van der Waals surface area contributed by atoms with Gasteiger partial charge in [-0.05, 0) is 24.8 Å². The molecular formula is C12H17ClN4O. The van der Waals surface area contributed by atoms with Crippen LogP contribution in [-0.2, 0) is 4.79 Å². The molecular weight excluding hydrogens is 252 g/mol. The summed E-state index contributed by atoms with van der Waals surface area (Å²) in [4.78, 5) is 17.3. The maximum absolute atomic E-state index is 10.9. The number of aromatic nitrogens is 1. The van der Waals surface area contributed by atoms with Crippen molar-refractivity contribution in [3.05, 3.63) is 17.3 Å². The van der Waals surface area contributed by atoms with Crippen LogP contribution in [0.15, 0.2) is 12.1 Å². The Morgan fingerprint density at radius 2 is 2.11 bits per heavy atom. The van der Waals surface area contributed by atoms with Gasteiger partial charge in [-0.1, -0.05) is 11.6 Å². The van der Waals surface area contributed by atoms with Crippen molar-refractivity contribution in [3.63, 3.8) is 0 Å². The zero-order valence-electron chi connectivity index (χ0n) is 10.1. The molecule has 1 amide bonds. The lowest BCUT2D eigenvalue weighted by atomic mass is 9.93. The van der Waals surface area contributed by atoms with Gasteiger partial charge in [-0.2, -0.15) is 0 Å². The summed E-state index contributed by atoms with van der Waals surface area (Å²) in [6, 6.07) is 3.45. The smallest absolute Gasteiger partial charge is 0.217 e. The van der Waals surface area contributed by atoms with Gasteiger partial charge in [0.05, 0.1) is 0 Å². The first-order valence-corrected chi connectivity index (χ1v) is 6.38. The molecule has 0 spiro atoms. The molecule has 6 heteroatoms. The third-order valence-electron chi connectivity index (χ3n) is 3.23. The molecule has 0 saturated carbocycles. The Bertz CT molecular complexity index is 423. The highest BCUT2D eigenvalue weighted by Crippen LogP contribution is 2.26. The molecule has 0 aliphatic carbocycles. The van der Waals surface area contributed by atoms with Gasteiger partial charge in [0, 0.05) is 31.3 Å². The molecule has 4 N–H and O–H groups in total. The molecule has 0 radical (unpaired) electrons. The van der Waals surface area contributed by atoms with E-state index in [2.05, 4.69) is 9.88 Å². The van der Waals surface area contributed by atoms with E-state index in [0.29, 0.717) is 23.2 Å². The van der Waals surface area contributed by atoms with Crippen molar-refractivity contribution in [2.24, 2.45) is 11.7 Å². The first-order valence-electron chi connectivity index (χ1n) is 6.01. The van der Waals surface area contributed by atoms with Crippen molar-refractivity contribution in [1.82, 2.24) is 4.98 Å². The SMILES string of the molecule is NC(=O)CC1CCN(c2cc(N)cc(Cl)n2)CC1. The summed E-state index contributed by atoms with van der Waals surface area (Å²) in [5.41, 5.74) is 11.6. The third kappa shape index (κ3) is 3.26. The Labute approximate surface area is 111 Å². The Kier molecular flexibility index (Phi) is 3.91. The van der Waals surface area contributed by atoms with Crippen LogP contribution in [0.1, 0.15) is 19.3 Å². The van der Waals surface area contributed by atoms with Crippen molar-refractivity contribution in [1.29, 1.82) is 0 Å². The minimum absolute atomic E-state index is 0.224. The number of rotatable bonds is 3. The van der Waals surface area contributed by atoms with Gasteiger partial charge in [0.2, 0.25) is 5.91 Å². The first kappa shape index (κ1) is 13.0. The second kappa shape index (κ2) is 5.44. The molecule has 1 aromatic rings. The maximum Gasteiger partial charge on any atom is 0.217 e. The summed E-state index contributed by atoms with van der Waals surface area (Å²) >= 11 is 5.89. The number of nitrogen functional groups attached to an aromatic ring is 1. The summed E-state index contributed by atoms with van der Waals surface area (Å²) in [6.07, 6.45) is 2.35. The van der Waals surface area contributed by atoms with Gasteiger partial charge in [-0.25, -0.2) is 4.98 Å². The Hall–Kier alpha value is -1.49. The Morgan fingerprint density at radius 1 is 1.44 bits per heavy atom. The highest BCUT2D eigenvalue weighted by atomic mass is 35.5. The van der Waals surface area contributed by atoms with Crippen molar-refractivity contribution in [3.8, 4) is 0 Å². The van der Waals surface area contributed by atoms with E-state index in [0.717, 1.165) is 31.7 Å². The topological polar surface area (TPSA) is 85.2 Å². The quantitative estimate of drug-likeness (QED) is 0.812. The molecule has 1 aliphatic heterocycles. The lowest BCUT2D eigenvalue weighted by molar-refractivity contribution is -0.119. The predicted molar refractivity (Wildman–Crippen MR) is 72.4 cm³/mol. The van der Waals surface area contributed by atoms with Crippen LogP contribution in [0.5, 0.6) is 0 Å². The highest BCUT2D eigenvalue weighted by molar-refractivity contribution is 6.29. The Morgan fingerprint density at radius 3 is 2.67 bits per heavy atom. The van der Waals surface area contributed by atoms with Crippen molar-refractivity contribution in [2.45, 2.75) is 19.3 Å². The number of halogens is 1. The summed E-state index contributed by atoms with van der Waals surface area (Å²) in [6.45, 7) is 1.70. The number of piperidine rings is 1. The van der Waals surface area contributed by atoms with Crippen LogP contribution >= 0.6 is 11.6 Å². The van der Waals surface area contributed by atoms with E-state index in [4.69, 9.17) is 23.1 Å². The maximum atomic E-state index is 10.9. The number of nitrogens with two attached hydrogens (primary N) is 2. The fourth-order valence-electron chi connectivity index (χ4n) is 2.31. The zero-order valence-corrected chi connectivity index (χ0v) is 10.9. The number of primary amides is 1. The molecule has 1 saturated heterocycles. The minimum atomic E-state index is -0.224. The van der Waals surface area contributed by atoms with Gasteiger partial charge < -0.3 is 16.4 Å². The molecule has 2 rings (SSSR count). The molecule has 1 aromatic heterocycles. The molecule has 0 aromatic carbocycles.